The molecule has 3 aromatic rings. The number of aromatic nitrogens is 2. The number of carbonyl (C=O) groups excluding carboxylic acids is 1. The molecular weight excluding hydrogens is 404 g/mol. The van der Waals surface area contributed by atoms with E-state index in [1.54, 1.807) is 19.2 Å². The maximum atomic E-state index is 11.8. The number of phenols is 1. The second-order valence-corrected chi connectivity index (χ2v) is 9.25. The van der Waals surface area contributed by atoms with Crippen LogP contribution >= 0.6 is 0 Å². The van der Waals surface area contributed by atoms with Crippen molar-refractivity contribution >= 4 is 22.7 Å². The molecule has 32 heavy (non-hydrogen) atoms. The maximum Gasteiger partial charge on any atom is 0.286 e. The lowest BCUT2D eigenvalue weighted by Gasteiger charge is -2.34. The van der Waals surface area contributed by atoms with Crippen LogP contribution in [0.25, 0.3) is 22.2 Å². The Morgan fingerprint density at radius 2 is 1.84 bits per heavy atom. The molecule has 0 aliphatic heterocycles. The molecule has 0 radical (unpaired) electrons. The number of fused-ring (bicyclic) bond motifs is 1. The molecule has 1 saturated carbocycles. The second kappa shape index (κ2) is 9.18. The molecule has 3 atom stereocenters. The number of anilines is 1. The van der Waals surface area contributed by atoms with Crippen molar-refractivity contribution in [2.45, 2.75) is 52.0 Å². The Kier molecular flexibility index (Phi) is 6.35. The second-order valence-electron chi connectivity index (χ2n) is 9.25. The monoisotopic (exact) mass is 436 g/mol. The number of carbonyl (C=O) groups is 1. The van der Waals surface area contributed by atoms with Crippen LogP contribution in [0.4, 0.5) is 5.82 Å². The van der Waals surface area contributed by atoms with E-state index in [2.05, 4.69) is 41.3 Å². The summed E-state index contributed by atoms with van der Waals surface area (Å²) in [5, 5.41) is 22.7. The van der Waals surface area contributed by atoms with Crippen LogP contribution in [0.2, 0.25) is 0 Å². The van der Waals surface area contributed by atoms with Crippen LogP contribution in [0, 0.1) is 11.8 Å². The van der Waals surface area contributed by atoms with Gasteiger partial charge in [0.25, 0.3) is 5.91 Å². The number of hydrogen-bond acceptors (Lipinski definition) is 6. The number of amides is 1. The van der Waals surface area contributed by atoms with Gasteiger partial charge in [-0.25, -0.2) is 0 Å². The van der Waals surface area contributed by atoms with Crippen molar-refractivity contribution in [2.75, 3.05) is 19.0 Å². The van der Waals surface area contributed by atoms with Crippen molar-refractivity contribution < 1.29 is 14.3 Å². The molecule has 7 nitrogen and oxygen atoms in total. The summed E-state index contributed by atoms with van der Waals surface area (Å²) in [6, 6.07) is 9.23. The minimum Gasteiger partial charge on any atom is -0.507 e. The third-order valence-corrected chi connectivity index (χ3v) is 6.66. The molecule has 0 spiro atoms. The van der Waals surface area contributed by atoms with E-state index in [4.69, 9.17) is 4.42 Å². The summed E-state index contributed by atoms with van der Waals surface area (Å²) in [6.07, 6.45) is 6.22. The fourth-order valence-electron chi connectivity index (χ4n) is 4.75. The number of rotatable bonds is 4. The van der Waals surface area contributed by atoms with Gasteiger partial charge >= 0.3 is 0 Å². The first-order chi connectivity index (χ1) is 15.4. The SMILES string of the molecule is CNC(=O)c1cc2cc(-c3ccc(N(C)C4C[C@H](C)CCC[C@H](C)C4)nn3)c(O)cc2o1. The van der Waals surface area contributed by atoms with Crippen LogP contribution < -0.4 is 10.2 Å². The number of furan rings is 1. The minimum absolute atomic E-state index is 0.0355. The Hall–Kier alpha value is -3.09. The highest BCUT2D eigenvalue weighted by atomic mass is 16.3. The quantitative estimate of drug-likeness (QED) is 0.598. The third kappa shape index (κ3) is 4.56. The lowest BCUT2D eigenvalue weighted by Crippen LogP contribution is -2.36. The topological polar surface area (TPSA) is 91.5 Å². The lowest BCUT2D eigenvalue weighted by molar-refractivity contribution is 0.0938. The van der Waals surface area contributed by atoms with Gasteiger partial charge in [-0.15, -0.1) is 10.2 Å². The third-order valence-electron chi connectivity index (χ3n) is 6.66. The Bertz CT molecular complexity index is 1080. The van der Waals surface area contributed by atoms with Crippen LogP contribution in [0.5, 0.6) is 5.75 Å². The van der Waals surface area contributed by atoms with Crippen molar-refractivity contribution in [3.05, 3.63) is 36.1 Å². The molecule has 170 valence electrons. The largest absolute Gasteiger partial charge is 0.507 e. The highest BCUT2D eigenvalue weighted by molar-refractivity contribution is 5.97. The standard InChI is InChI=1S/C25H32N4O3/c1-15-6-5-7-16(2)11-18(10-15)29(4)24-9-8-20(27-28-24)19-12-17-13-23(25(31)26-3)32-22(17)14-21(19)30/h8-9,12-16,18,30H,5-7,10-11H2,1-4H3,(H,26,31)/t15-,16+,18?. The molecule has 1 aliphatic rings. The van der Waals surface area contributed by atoms with E-state index in [0.29, 0.717) is 34.7 Å². The summed E-state index contributed by atoms with van der Waals surface area (Å²) in [6.45, 7) is 4.69. The van der Waals surface area contributed by atoms with Crippen LogP contribution in [0.1, 0.15) is 56.5 Å². The number of nitrogens with one attached hydrogen (secondary N) is 1. The lowest BCUT2D eigenvalue weighted by atomic mass is 9.84. The van der Waals surface area contributed by atoms with Crippen LogP contribution in [-0.4, -0.2) is 41.3 Å². The van der Waals surface area contributed by atoms with E-state index in [-0.39, 0.29) is 17.4 Å². The fraction of sp³-hybridized carbons (Fsp3) is 0.480. The highest BCUT2D eigenvalue weighted by Gasteiger charge is 2.24. The molecule has 2 heterocycles. The van der Waals surface area contributed by atoms with Gasteiger partial charge in [-0.3, -0.25) is 4.79 Å². The normalized spacial score (nSPS) is 21.7. The molecular formula is C25H32N4O3. The molecule has 1 amide bonds. The molecule has 0 saturated heterocycles. The number of aromatic hydroxyl groups is 1. The zero-order chi connectivity index (χ0) is 22.8. The van der Waals surface area contributed by atoms with Crippen LogP contribution in [0.15, 0.2) is 34.7 Å². The molecule has 1 aromatic carbocycles. The zero-order valence-corrected chi connectivity index (χ0v) is 19.3. The highest BCUT2D eigenvalue weighted by Crippen LogP contribution is 2.35. The summed E-state index contributed by atoms with van der Waals surface area (Å²) < 4.78 is 5.53. The van der Waals surface area contributed by atoms with Crippen LogP contribution in [-0.2, 0) is 0 Å². The minimum atomic E-state index is -0.313. The fourth-order valence-corrected chi connectivity index (χ4v) is 4.75. The Morgan fingerprint density at radius 3 is 2.47 bits per heavy atom. The Labute approximate surface area is 188 Å². The summed E-state index contributed by atoms with van der Waals surface area (Å²) in [5.41, 5.74) is 1.57. The van der Waals surface area contributed by atoms with Gasteiger partial charge in [-0.05, 0) is 48.9 Å². The molecule has 1 aliphatic carbocycles. The first-order valence-electron chi connectivity index (χ1n) is 11.4. The number of benzene rings is 1. The van der Waals surface area contributed by atoms with Crippen molar-refractivity contribution in [1.29, 1.82) is 0 Å². The summed E-state index contributed by atoms with van der Waals surface area (Å²) in [7, 11) is 3.65. The molecule has 2 aromatic heterocycles. The van der Waals surface area contributed by atoms with Crippen molar-refractivity contribution in [2.24, 2.45) is 11.8 Å². The molecule has 0 bridgehead atoms. The van der Waals surface area contributed by atoms with Gasteiger partial charge in [0.2, 0.25) is 0 Å². The first kappa shape index (κ1) is 22.1. The van der Waals surface area contributed by atoms with Gasteiger partial charge in [0.05, 0.1) is 5.69 Å². The van der Waals surface area contributed by atoms with Gasteiger partial charge in [-0.1, -0.05) is 33.1 Å². The van der Waals surface area contributed by atoms with Gasteiger partial charge in [-0.2, -0.15) is 0 Å². The van der Waals surface area contributed by atoms with E-state index in [1.165, 1.54) is 25.3 Å². The average Bonchev–Trinajstić information content (AvgIpc) is 3.18. The van der Waals surface area contributed by atoms with E-state index in [9.17, 15) is 9.90 Å². The number of phenolic OH excluding ortho intramolecular Hbond substituents is 1. The maximum absolute atomic E-state index is 11.8. The molecule has 7 heteroatoms. The van der Waals surface area contributed by atoms with Gasteiger partial charge in [0, 0.05) is 37.2 Å². The van der Waals surface area contributed by atoms with E-state index >= 15 is 0 Å². The van der Waals surface area contributed by atoms with Crippen LogP contribution in [0.3, 0.4) is 0 Å². The summed E-state index contributed by atoms with van der Waals surface area (Å²) >= 11 is 0. The van der Waals surface area contributed by atoms with Gasteiger partial charge in [0.15, 0.2) is 11.6 Å². The number of nitrogens with zero attached hydrogens (tertiary/aromatic N) is 3. The molecule has 4 rings (SSSR count). The molecule has 1 fully saturated rings. The van der Waals surface area contributed by atoms with Crippen molar-refractivity contribution in [3.8, 4) is 17.0 Å². The Balaban J connectivity index is 1.58. The molecule has 2 N–H and O–H groups in total. The number of hydrogen-bond donors (Lipinski definition) is 2. The first-order valence-corrected chi connectivity index (χ1v) is 11.4. The van der Waals surface area contributed by atoms with E-state index in [1.807, 2.05) is 12.1 Å². The van der Waals surface area contributed by atoms with Gasteiger partial charge in [0.1, 0.15) is 11.3 Å². The van der Waals surface area contributed by atoms with Crippen molar-refractivity contribution in [3.63, 3.8) is 0 Å². The summed E-state index contributed by atoms with van der Waals surface area (Å²) in [5.74, 6) is 2.18. The van der Waals surface area contributed by atoms with E-state index in [0.717, 1.165) is 24.0 Å². The summed E-state index contributed by atoms with van der Waals surface area (Å²) in [4.78, 5) is 14.1. The van der Waals surface area contributed by atoms with Crippen molar-refractivity contribution in [1.82, 2.24) is 15.5 Å². The van der Waals surface area contributed by atoms with Gasteiger partial charge < -0.3 is 19.7 Å². The predicted octanol–water partition coefficient (Wildman–Crippen LogP) is 5.00. The zero-order valence-electron chi connectivity index (χ0n) is 19.3. The smallest absolute Gasteiger partial charge is 0.286 e. The average molecular weight is 437 g/mol. The van der Waals surface area contributed by atoms with E-state index < -0.39 is 0 Å². The molecule has 1 unspecified atom stereocenters. The Morgan fingerprint density at radius 1 is 1.12 bits per heavy atom. The predicted molar refractivity (Wildman–Crippen MR) is 126 cm³/mol.